The molecule has 0 aromatic rings. The summed E-state index contributed by atoms with van der Waals surface area (Å²) in [4.78, 5) is 2.82. The van der Waals surface area contributed by atoms with Gasteiger partial charge < -0.3 is 5.32 Å². The zero-order valence-electron chi connectivity index (χ0n) is 14.5. The van der Waals surface area contributed by atoms with Crippen LogP contribution in [0.1, 0.15) is 73.1 Å². The highest BCUT2D eigenvalue weighted by Gasteiger charge is 2.37. The molecule has 2 nitrogen and oxygen atoms in total. The molecule has 2 fully saturated rings. The van der Waals surface area contributed by atoms with E-state index in [1.165, 1.54) is 58.2 Å². The van der Waals surface area contributed by atoms with Crippen LogP contribution in [0.5, 0.6) is 0 Å². The maximum absolute atomic E-state index is 3.79. The first-order chi connectivity index (χ1) is 9.27. The van der Waals surface area contributed by atoms with Gasteiger partial charge in [0.05, 0.1) is 0 Å². The summed E-state index contributed by atoms with van der Waals surface area (Å²) >= 11 is 0. The molecule has 0 radical (unpaired) electrons. The van der Waals surface area contributed by atoms with Crippen LogP contribution in [0.25, 0.3) is 0 Å². The van der Waals surface area contributed by atoms with Gasteiger partial charge in [0.1, 0.15) is 0 Å². The van der Waals surface area contributed by atoms with E-state index in [2.05, 4.69) is 44.8 Å². The number of hydrogen-bond acceptors (Lipinski definition) is 2. The molecule has 1 atom stereocenters. The van der Waals surface area contributed by atoms with Crippen LogP contribution in [0.3, 0.4) is 0 Å². The van der Waals surface area contributed by atoms with Crippen molar-refractivity contribution >= 4 is 0 Å². The molecule has 2 heteroatoms. The molecule has 0 amide bonds. The number of nitrogens with zero attached hydrogens (tertiary/aromatic N) is 1. The molecule has 0 aromatic heterocycles. The van der Waals surface area contributed by atoms with Crippen LogP contribution in [0.2, 0.25) is 0 Å². The zero-order valence-corrected chi connectivity index (χ0v) is 14.5. The summed E-state index contributed by atoms with van der Waals surface area (Å²) in [7, 11) is 0. The number of rotatable bonds is 3. The van der Waals surface area contributed by atoms with Gasteiger partial charge in [-0.3, -0.25) is 4.90 Å². The summed E-state index contributed by atoms with van der Waals surface area (Å²) in [6.45, 7) is 15.5. The van der Waals surface area contributed by atoms with E-state index in [1.807, 2.05) is 0 Å². The molecular formula is C18H36N2. The molecule has 1 unspecified atom stereocenters. The van der Waals surface area contributed by atoms with Crippen molar-refractivity contribution in [2.45, 2.75) is 84.7 Å². The lowest BCUT2D eigenvalue weighted by atomic mass is 9.80. The molecule has 0 aromatic carbocycles. The van der Waals surface area contributed by atoms with Gasteiger partial charge in [-0.25, -0.2) is 0 Å². The van der Waals surface area contributed by atoms with Gasteiger partial charge >= 0.3 is 0 Å². The average molecular weight is 281 g/mol. The third-order valence-electron chi connectivity index (χ3n) is 5.20. The van der Waals surface area contributed by atoms with Gasteiger partial charge in [0.2, 0.25) is 0 Å². The number of piperazine rings is 1. The molecule has 1 aliphatic carbocycles. The second-order valence-electron chi connectivity index (χ2n) is 9.01. The maximum atomic E-state index is 3.79. The predicted molar refractivity (Wildman–Crippen MR) is 88.1 cm³/mol. The molecule has 1 saturated carbocycles. The highest BCUT2D eigenvalue weighted by molar-refractivity contribution is 4.95. The maximum Gasteiger partial charge on any atom is 0.0252 e. The van der Waals surface area contributed by atoms with E-state index in [0.717, 1.165) is 12.0 Å². The molecule has 0 bridgehead atoms. The quantitative estimate of drug-likeness (QED) is 0.839. The van der Waals surface area contributed by atoms with Crippen molar-refractivity contribution in [3.05, 3.63) is 0 Å². The molecule has 1 saturated heterocycles. The third kappa shape index (κ3) is 4.73. The Balaban J connectivity index is 1.99. The summed E-state index contributed by atoms with van der Waals surface area (Å²) in [5, 5.41) is 3.79. The Hall–Kier alpha value is -0.0800. The van der Waals surface area contributed by atoms with Gasteiger partial charge in [-0.05, 0) is 51.0 Å². The van der Waals surface area contributed by atoms with E-state index >= 15 is 0 Å². The van der Waals surface area contributed by atoms with Crippen molar-refractivity contribution in [3.8, 4) is 0 Å². The first-order valence-corrected chi connectivity index (χ1v) is 8.76. The van der Waals surface area contributed by atoms with Gasteiger partial charge in [-0.2, -0.15) is 0 Å². The summed E-state index contributed by atoms with van der Waals surface area (Å²) in [6, 6.07) is 0.783. The summed E-state index contributed by atoms with van der Waals surface area (Å²) in [5.74, 6) is 0.937. The topological polar surface area (TPSA) is 15.3 Å². The van der Waals surface area contributed by atoms with Gasteiger partial charge in [0, 0.05) is 24.7 Å². The lowest BCUT2D eigenvalue weighted by molar-refractivity contribution is 0.0402. The molecule has 1 heterocycles. The van der Waals surface area contributed by atoms with Crippen molar-refractivity contribution in [1.29, 1.82) is 0 Å². The first kappa shape index (κ1) is 16.3. The Kier molecular flexibility index (Phi) is 5.18. The minimum absolute atomic E-state index is 0.281. The fourth-order valence-corrected chi connectivity index (χ4v) is 3.90. The molecular weight excluding hydrogens is 244 g/mol. The minimum atomic E-state index is 0.281. The van der Waals surface area contributed by atoms with E-state index in [1.54, 1.807) is 0 Å². The van der Waals surface area contributed by atoms with Crippen molar-refractivity contribution in [2.75, 3.05) is 19.6 Å². The molecule has 2 rings (SSSR count). The van der Waals surface area contributed by atoms with E-state index in [0.29, 0.717) is 5.41 Å². The highest BCUT2D eigenvalue weighted by atomic mass is 15.3. The molecule has 1 aliphatic heterocycles. The lowest BCUT2D eigenvalue weighted by Crippen LogP contribution is -2.63. The third-order valence-corrected chi connectivity index (χ3v) is 5.20. The largest absolute Gasteiger partial charge is 0.309 e. The fraction of sp³-hybridized carbons (Fsp3) is 1.00. The molecule has 2 aliphatic rings. The van der Waals surface area contributed by atoms with E-state index in [9.17, 15) is 0 Å². The summed E-state index contributed by atoms with van der Waals surface area (Å²) in [6.07, 6.45) is 8.60. The van der Waals surface area contributed by atoms with Crippen LogP contribution < -0.4 is 5.32 Å². The van der Waals surface area contributed by atoms with Gasteiger partial charge in [-0.15, -0.1) is 0 Å². The van der Waals surface area contributed by atoms with Crippen molar-refractivity contribution < 1.29 is 0 Å². The van der Waals surface area contributed by atoms with E-state index < -0.39 is 0 Å². The molecule has 1 N–H and O–H groups in total. The summed E-state index contributed by atoms with van der Waals surface area (Å²) in [5.41, 5.74) is 0.731. The van der Waals surface area contributed by atoms with E-state index in [4.69, 9.17) is 0 Å². The summed E-state index contributed by atoms with van der Waals surface area (Å²) < 4.78 is 0. The van der Waals surface area contributed by atoms with Crippen molar-refractivity contribution in [1.82, 2.24) is 10.2 Å². The van der Waals surface area contributed by atoms with E-state index in [-0.39, 0.29) is 5.54 Å². The highest BCUT2D eigenvalue weighted by Crippen LogP contribution is 2.32. The monoisotopic (exact) mass is 280 g/mol. The van der Waals surface area contributed by atoms with Crippen LogP contribution in [0.4, 0.5) is 0 Å². The second-order valence-corrected chi connectivity index (χ2v) is 9.01. The second kappa shape index (κ2) is 6.36. The van der Waals surface area contributed by atoms with Crippen molar-refractivity contribution in [2.24, 2.45) is 11.3 Å². The van der Waals surface area contributed by atoms with Crippen LogP contribution in [0, 0.1) is 11.3 Å². The van der Waals surface area contributed by atoms with Gasteiger partial charge in [0.15, 0.2) is 0 Å². The van der Waals surface area contributed by atoms with Crippen LogP contribution in [-0.4, -0.2) is 36.1 Å². The Morgan fingerprint density at radius 3 is 2.35 bits per heavy atom. The minimum Gasteiger partial charge on any atom is -0.309 e. The van der Waals surface area contributed by atoms with Gasteiger partial charge in [-0.1, -0.05) is 40.0 Å². The molecule has 20 heavy (non-hydrogen) atoms. The Morgan fingerprint density at radius 1 is 1.10 bits per heavy atom. The number of hydrogen-bond donors (Lipinski definition) is 1. The molecule has 118 valence electrons. The predicted octanol–water partition coefficient (Wildman–Crippen LogP) is 4.06. The van der Waals surface area contributed by atoms with Crippen LogP contribution >= 0.6 is 0 Å². The lowest BCUT2D eigenvalue weighted by Gasteiger charge is -2.49. The van der Waals surface area contributed by atoms with Crippen molar-refractivity contribution in [3.63, 3.8) is 0 Å². The fourth-order valence-electron chi connectivity index (χ4n) is 3.90. The first-order valence-electron chi connectivity index (χ1n) is 8.76. The standard InChI is InChI=1S/C18H36N2/c1-17(2,3)11-12-20-14-18(4,5)19-13-16(20)15-9-7-6-8-10-15/h15-16,19H,6-14H2,1-5H3. The Labute approximate surface area is 126 Å². The smallest absolute Gasteiger partial charge is 0.0252 e. The van der Waals surface area contributed by atoms with Gasteiger partial charge in [0.25, 0.3) is 0 Å². The number of nitrogens with one attached hydrogen (secondary N) is 1. The molecule has 0 spiro atoms. The normalized spacial score (nSPS) is 29.6. The van der Waals surface area contributed by atoms with Crippen LogP contribution in [-0.2, 0) is 0 Å². The Bertz CT molecular complexity index is 297. The van der Waals surface area contributed by atoms with Crippen LogP contribution in [0.15, 0.2) is 0 Å². The average Bonchev–Trinajstić information content (AvgIpc) is 2.36. The SMILES string of the molecule is CC(C)(C)CCN1CC(C)(C)NCC1C1CCCCC1. The Morgan fingerprint density at radius 2 is 1.75 bits per heavy atom. The zero-order chi connectivity index (χ0) is 14.8.